The Morgan fingerprint density at radius 1 is 1.20 bits per heavy atom. The molecule has 3 aromatic rings. The van der Waals surface area contributed by atoms with Crippen LogP contribution >= 0.6 is 0 Å². The molecule has 4 nitrogen and oxygen atoms in total. The molecule has 1 unspecified atom stereocenters. The van der Waals surface area contributed by atoms with Crippen molar-refractivity contribution in [1.82, 2.24) is 4.57 Å². The first-order valence-electron chi connectivity index (χ1n) is 8.56. The predicted octanol–water partition coefficient (Wildman–Crippen LogP) is 4.64. The Hall–Kier alpha value is -2.75. The molecule has 3 rings (SSSR count). The number of rotatable bonds is 5. The average molecular weight is 337 g/mol. The second kappa shape index (κ2) is 7.01. The van der Waals surface area contributed by atoms with Crippen LogP contribution < -0.4 is 0 Å². The van der Waals surface area contributed by atoms with Gasteiger partial charge in [-0.15, -0.1) is 0 Å². The van der Waals surface area contributed by atoms with Crippen LogP contribution in [0, 0.1) is 6.92 Å². The number of phenolic OH excluding ortho intramolecular Hbond substituents is 1. The van der Waals surface area contributed by atoms with Gasteiger partial charge in [0.2, 0.25) is 0 Å². The Balaban J connectivity index is 2.09. The van der Waals surface area contributed by atoms with Gasteiger partial charge in [-0.25, -0.2) is 4.79 Å². The predicted molar refractivity (Wildman–Crippen MR) is 99.2 cm³/mol. The van der Waals surface area contributed by atoms with Crippen LogP contribution in [0.25, 0.3) is 10.9 Å². The third kappa shape index (κ3) is 3.25. The molecule has 0 bridgehead atoms. The van der Waals surface area contributed by atoms with E-state index in [1.807, 2.05) is 31.2 Å². The van der Waals surface area contributed by atoms with E-state index in [2.05, 4.69) is 23.6 Å². The molecular formula is C21H23NO3. The quantitative estimate of drug-likeness (QED) is 0.690. The lowest BCUT2D eigenvalue weighted by Crippen LogP contribution is -2.10. The van der Waals surface area contributed by atoms with E-state index in [4.69, 9.17) is 4.74 Å². The number of aromatic hydroxyl groups is 1. The van der Waals surface area contributed by atoms with Gasteiger partial charge in [-0.2, -0.15) is 0 Å². The van der Waals surface area contributed by atoms with Crippen molar-refractivity contribution in [2.75, 3.05) is 6.61 Å². The van der Waals surface area contributed by atoms with E-state index in [0.717, 1.165) is 23.1 Å². The fourth-order valence-electron chi connectivity index (χ4n) is 3.33. The summed E-state index contributed by atoms with van der Waals surface area (Å²) in [5.41, 5.74) is 3.58. The van der Waals surface area contributed by atoms with Crippen molar-refractivity contribution in [2.45, 2.75) is 33.2 Å². The Labute approximate surface area is 147 Å². The fourth-order valence-corrected chi connectivity index (χ4v) is 3.33. The molecule has 0 aliphatic heterocycles. The molecule has 1 heterocycles. The first-order chi connectivity index (χ1) is 12.0. The number of hydrogen-bond acceptors (Lipinski definition) is 3. The number of phenols is 1. The SMILES string of the molecule is CCOC(=O)c1c(C)n(CC(C)c2ccccc2)c2ccc(O)cc12. The van der Waals surface area contributed by atoms with Gasteiger partial charge in [0.15, 0.2) is 0 Å². The summed E-state index contributed by atoms with van der Waals surface area (Å²) in [6.45, 7) is 6.97. The van der Waals surface area contributed by atoms with Crippen molar-refractivity contribution in [1.29, 1.82) is 0 Å². The molecule has 0 saturated carbocycles. The van der Waals surface area contributed by atoms with E-state index in [9.17, 15) is 9.90 Å². The van der Waals surface area contributed by atoms with Gasteiger partial charge in [0.1, 0.15) is 5.75 Å². The number of nitrogens with zero attached hydrogens (tertiary/aromatic N) is 1. The number of carbonyl (C=O) groups excluding carboxylic acids is 1. The maximum Gasteiger partial charge on any atom is 0.340 e. The van der Waals surface area contributed by atoms with Crippen molar-refractivity contribution in [3.63, 3.8) is 0 Å². The van der Waals surface area contributed by atoms with Crippen LogP contribution in [0.2, 0.25) is 0 Å². The van der Waals surface area contributed by atoms with Crippen molar-refractivity contribution >= 4 is 16.9 Å². The van der Waals surface area contributed by atoms with Crippen LogP contribution in [0.4, 0.5) is 0 Å². The van der Waals surface area contributed by atoms with Gasteiger partial charge in [0.05, 0.1) is 12.2 Å². The first-order valence-corrected chi connectivity index (χ1v) is 8.56. The number of aromatic nitrogens is 1. The van der Waals surface area contributed by atoms with Crippen LogP contribution in [0.3, 0.4) is 0 Å². The summed E-state index contributed by atoms with van der Waals surface area (Å²) in [5, 5.41) is 10.6. The Morgan fingerprint density at radius 2 is 1.92 bits per heavy atom. The zero-order chi connectivity index (χ0) is 18.0. The lowest BCUT2D eigenvalue weighted by atomic mass is 10.0. The summed E-state index contributed by atoms with van der Waals surface area (Å²) >= 11 is 0. The van der Waals surface area contributed by atoms with E-state index in [1.165, 1.54) is 5.56 Å². The second-order valence-electron chi connectivity index (χ2n) is 6.30. The minimum Gasteiger partial charge on any atom is -0.508 e. The first kappa shape index (κ1) is 17.1. The molecule has 0 saturated heterocycles. The average Bonchev–Trinajstić information content (AvgIpc) is 2.87. The highest BCUT2D eigenvalue weighted by molar-refractivity contribution is 6.06. The summed E-state index contributed by atoms with van der Waals surface area (Å²) in [6, 6.07) is 15.5. The Morgan fingerprint density at radius 3 is 2.60 bits per heavy atom. The lowest BCUT2D eigenvalue weighted by molar-refractivity contribution is 0.0527. The molecule has 0 aliphatic carbocycles. The van der Waals surface area contributed by atoms with Gasteiger partial charge in [-0.05, 0) is 43.5 Å². The fraction of sp³-hybridized carbons (Fsp3) is 0.286. The van der Waals surface area contributed by atoms with Crippen molar-refractivity contribution in [2.24, 2.45) is 0 Å². The number of fused-ring (bicyclic) bond motifs is 1. The molecule has 1 N–H and O–H groups in total. The zero-order valence-electron chi connectivity index (χ0n) is 14.8. The molecule has 0 fully saturated rings. The van der Waals surface area contributed by atoms with Crippen LogP contribution in [-0.2, 0) is 11.3 Å². The van der Waals surface area contributed by atoms with Crippen molar-refractivity contribution in [3.8, 4) is 5.75 Å². The van der Waals surface area contributed by atoms with Gasteiger partial charge < -0.3 is 14.4 Å². The minimum absolute atomic E-state index is 0.145. The topological polar surface area (TPSA) is 51.5 Å². The maximum absolute atomic E-state index is 12.4. The molecule has 0 radical (unpaired) electrons. The molecule has 0 amide bonds. The van der Waals surface area contributed by atoms with Crippen LogP contribution in [-0.4, -0.2) is 22.2 Å². The van der Waals surface area contributed by atoms with Gasteiger partial charge >= 0.3 is 5.97 Å². The monoisotopic (exact) mass is 337 g/mol. The van der Waals surface area contributed by atoms with Crippen LogP contribution in [0.15, 0.2) is 48.5 Å². The number of hydrogen-bond donors (Lipinski definition) is 1. The van der Waals surface area contributed by atoms with Gasteiger partial charge in [-0.1, -0.05) is 37.3 Å². The lowest BCUT2D eigenvalue weighted by Gasteiger charge is -2.16. The highest BCUT2D eigenvalue weighted by Gasteiger charge is 2.22. The number of ether oxygens (including phenoxy) is 1. The van der Waals surface area contributed by atoms with Crippen LogP contribution in [0.1, 0.15) is 41.4 Å². The normalized spacial score (nSPS) is 12.3. The third-order valence-corrected chi connectivity index (χ3v) is 4.61. The molecular weight excluding hydrogens is 314 g/mol. The van der Waals surface area contributed by atoms with E-state index in [1.54, 1.807) is 19.1 Å². The van der Waals surface area contributed by atoms with Crippen molar-refractivity contribution in [3.05, 3.63) is 65.4 Å². The number of carbonyl (C=O) groups is 1. The molecule has 25 heavy (non-hydrogen) atoms. The smallest absolute Gasteiger partial charge is 0.340 e. The van der Waals surface area contributed by atoms with Crippen LogP contribution in [0.5, 0.6) is 5.75 Å². The Bertz CT molecular complexity index is 896. The standard InChI is InChI=1S/C21H23NO3/c1-4-25-21(24)20-15(3)22(19-11-10-17(23)12-18(19)20)13-14(2)16-8-6-5-7-9-16/h5-12,14,23H,4,13H2,1-3H3. The molecule has 2 aromatic carbocycles. The van der Waals surface area contributed by atoms with E-state index in [-0.39, 0.29) is 11.7 Å². The minimum atomic E-state index is -0.346. The maximum atomic E-state index is 12.4. The number of esters is 1. The molecule has 1 atom stereocenters. The van der Waals surface area contributed by atoms with Gasteiger partial charge in [0.25, 0.3) is 0 Å². The largest absolute Gasteiger partial charge is 0.508 e. The van der Waals surface area contributed by atoms with Gasteiger partial charge in [-0.3, -0.25) is 0 Å². The summed E-state index contributed by atoms with van der Waals surface area (Å²) in [4.78, 5) is 12.4. The van der Waals surface area contributed by atoms with E-state index >= 15 is 0 Å². The number of benzene rings is 2. The molecule has 0 aliphatic rings. The summed E-state index contributed by atoms with van der Waals surface area (Å²) in [5.74, 6) is 0.0902. The summed E-state index contributed by atoms with van der Waals surface area (Å²) in [7, 11) is 0. The highest BCUT2D eigenvalue weighted by Crippen LogP contribution is 2.31. The molecule has 4 heteroatoms. The van der Waals surface area contributed by atoms with Crippen molar-refractivity contribution < 1.29 is 14.6 Å². The zero-order valence-corrected chi connectivity index (χ0v) is 14.8. The van der Waals surface area contributed by atoms with E-state index < -0.39 is 0 Å². The van der Waals surface area contributed by atoms with Gasteiger partial charge in [0, 0.05) is 23.1 Å². The Kier molecular flexibility index (Phi) is 4.79. The second-order valence-corrected chi connectivity index (χ2v) is 6.30. The molecule has 130 valence electrons. The summed E-state index contributed by atoms with van der Waals surface area (Å²) < 4.78 is 7.36. The molecule has 0 spiro atoms. The highest BCUT2D eigenvalue weighted by atomic mass is 16.5. The van der Waals surface area contributed by atoms with E-state index in [0.29, 0.717) is 18.1 Å². The molecule has 1 aromatic heterocycles. The summed E-state index contributed by atoms with van der Waals surface area (Å²) in [6.07, 6.45) is 0. The third-order valence-electron chi connectivity index (χ3n) is 4.61.